The molecule has 0 fully saturated rings. The Kier molecular flexibility index (Phi) is 2.75. The smallest absolute Gasteiger partial charge is 0.174 e. The molecule has 0 bridgehead atoms. The fourth-order valence-electron chi connectivity index (χ4n) is 1.70. The van der Waals surface area contributed by atoms with Gasteiger partial charge in [-0.15, -0.1) is 0 Å². The summed E-state index contributed by atoms with van der Waals surface area (Å²) >= 11 is 0. The van der Waals surface area contributed by atoms with Crippen molar-refractivity contribution in [1.29, 1.82) is 0 Å². The second kappa shape index (κ2) is 4.20. The number of nitrogens with one attached hydrogen (secondary N) is 1. The molecule has 2 nitrogen and oxygen atoms in total. The summed E-state index contributed by atoms with van der Waals surface area (Å²) in [5.41, 5.74) is 1.28. The van der Waals surface area contributed by atoms with Gasteiger partial charge < -0.3 is 5.11 Å². The number of pyridine rings is 1. The Balaban J connectivity index is 2.43. The van der Waals surface area contributed by atoms with Crippen LogP contribution in [0, 0.1) is 0 Å². The van der Waals surface area contributed by atoms with Crippen molar-refractivity contribution in [1.82, 2.24) is 0 Å². The molecule has 14 heavy (non-hydrogen) atoms. The SMILES string of the molecule is OCCCc1c[nH+]cc2ccccc12. The molecule has 2 aromatic rings. The summed E-state index contributed by atoms with van der Waals surface area (Å²) in [6, 6.07) is 8.29. The number of H-pyrrole nitrogens is 1. The molecule has 2 heteroatoms. The van der Waals surface area contributed by atoms with Crippen LogP contribution in [0.15, 0.2) is 36.7 Å². The lowest BCUT2D eigenvalue weighted by Gasteiger charge is -2.00. The van der Waals surface area contributed by atoms with Crippen molar-refractivity contribution in [2.45, 2.75) is 12.8 Å². The first kappa shape index (κ1) is 9.16. The van der Waals surface area contributed by atoms with Crippen LogP contribution in [-0.4, -0.2) is 11.7 Å². The first-order chi connectivity index (χ1) is 6.92. The molecule has 1 aromatic carbocycles. The van der Waals surface area contributed by atoms with E-state index in [2.05, 4.69) is 17.1 Å². The number of benzene rings is 1. The van der Waals surface area contributed by atoms with Crippen molar-refractivity contribution in [3.05, 3.63) is 42.2 Å². The molecule has 1 heterocycles. The maximum absolute atomic E-state index is 8.79. The van der Waals surface area contributed by atoms with Crippen LogP contribution in [-0.2, 0) is 6.42 Å². The minimum atomic E-state index is 0.253. The molecule has 0 amide bonds. The van der Waals surface area contributed by atoms with Gasteiger partial charge in [0.05, 0.1) is 0 Å². The second-order valence-electron chi connectivity index (χ2n) is 3.39. The summed E-state index contributed by atoms with van der Waals surface area (Å²) in [5.74, 6) is 0. The highest BCUT2D eigenvalue weighted by molar-refractivity contribution is 5.83. The first-order valence-corrected chi connectivity index (χ1v) is 4.90. The molecule has 1 aromatic heterocycles. The predicted molar refractivity (Wildman–Crippen MR) is 55.9 cm³/mol. The lowest BCUT2D eigenvalue weighted by Crippen LogP contribution is -2.03. The minimum absolute atomic E-state index is 0.253. The maximum Gasteiger partial charge on any atom is 0.174 e. The zero-order valence-corrected chi connectivity index (χ0v) is 8.03. The van der Waals surface area contributed by atoms with Crippen LogP contribution in [0.4, 0.5) is 0 Å². The quantitative estimate of drug-likeness (QED) is 0.779. The van der Waals surface area contributed by atoms with E-state index >= 15 is 0 Å². The molecule has 0 unspecified atom stereocenters. The van der Waals surface area contributed by atoms with E-state index in [9.17, 15) is 0 Å². The topological polar surface area (TPSA) is 34.4 Å². The zero-order valence-electron chi connectivity index (χ0n) is 8.03. The van der Waals surface area contributed by atoms with E-state index in [-0.39, 0.29) is 6.61 Å². The molecule has 0 radical (unpaired) electrons. The van der Waals surface area contributed by atoms with E-state index in [0.717, 1.165) is 12.8 Å². The molecular weight excluding hydrogens is 174 g/mol. The summed E-state index contributed by atoms with van der Waals surface area (Å²) in [7, 11) is 0. The molecule has 2 rings (SSSR count). The minimum Gasteiger partial charge on any atom is -0.396 e. The highest BCUT2D eigenvalue weighted by Gasteiger charge is 2.03. The van der Waals surface area contributed by atoms with Crippen LogP contribution in [0.1, 0.15) is 12.0 Å². The van der Waals surface area contributed by atoms with Gasteiger partial charge in [0.1, 0.15) is 0 Å². The average molecular weight is 188 g/mol. The van der Waals surface area contributed by atoms with E-state index in [0.29, 0.717) is 0 Å². The highest BCUT2D eigenvalue weighted by Crippen LogP contribution is 2.16. The van der Waals surface area contributed by atoms with Gasteiger partial charge in [0.2, 0.25) is 0 Å². The number of aliphatic hydroxyl groups excluding tert-OH is 1. The third kappa shape index (κ3) is 1.75. The summed E-state index contributed by atoms with van der Waals surface area (Å²) in [4.78, 5) is 3.13. The van der Waals surface area contributed by atoms with Crippen LogP contribution in [0.25, 0.3) is 10.8 Å². The molecule has 0 aliphatic heterocycles. The van der Waals surface area contributed by atoms with Crippen LogP contribution in [0.3, 0.4) is 0 Å². The number of aryl methyl sites for hydroxylation is 1. The Morgan fingerprint density at radius 3 is 2.86 bits per heavy atom. The summed E-state index contributed by atoms with van der Waals surface area (Å²) in [6.45, 7) is 0.253. The van der Waals surface area contributed by atoms with Crippen LogP contribution in [0.5, 0.6) is 0 Å². The van der Waals surface area contributed by atoms with Crippen molar-refractivity contribution in [2.24, 2.45) is 0 Å². The Hall–Kier alpha value is -1.41. The van der Waals surface area contributed by atoms with E-state index in [1.807, 2.05) is 24.5 Å². The zero-order chi connectivity index (χ0) is 9.80. The summed E-state index contributed by atoms with van der Waals surface area (Å²) in [6.07, 6.45) is 5.76. The molecule has 0 atom stereocenters. The van der Waals surface area contributed by atoms with Crippen LogP contribution in [0.2, 0.25) is 0 Å². The summed E-state index contributed by atoms with van der Waals surface area (Å²) < 4.78 is 0. The Labute approximate surface area is 83.2 Å². The lowest BCUT2D eigenvalue weighted by molar-refractivity contribution is -0.376. The molecule has 0 aliphatic rings. The number of rotatable bonds is 3. The standard InChI is InChI=1S/C12H13NO/c14-7-3-5-11-9-13-8-10-4-1-2-6-12(10)11/h1-2,4,6,8-9,14H,3,5,7H2/p+1. The first-order valence-electron chi connectivity index (χ1n) is 4.90. The van der Waals surface area contributed by atoms with Gasteiger partial charge >= 0.3 is 0 Å². The van der Waals surface area contributed by atoms with Crippen molar-refractivity contribution in [3.63, 3.8) is 0 Å². The van der Waals surface area contributed by atoms with Crippen molar-refractivity contribution >= 4 is 10.8 Å². The Morgan fingerprint density at radius 1 is 1.14 bits per heavy atom. The van der Waals surface area contributed by atoms with Crippen LogP contribution >= 0.6 is 0 Å². The second-order valence-corrected chi connectivity index (χ2v) is 3.39. The highest BCUT2D eigenvalue weighted by atomic mass is 16.2. The monoisotopic (exact) mass is 188 g/mol. The number of hydrogen-bond donors (Lipinski definition) is 1. The fraction of sp³-hybridized carbons (Fsp3) is 0.250. The maximum atomic E-state index is 8.79. The van der Waals surface area contributed by atoms with Crippen molar-refractivity contribution in [2.75, 3.05) is 6.61 Å². The van der Waals surface area contributed by atoms with Gasteiger partial charge in [-0.25, -0.2) is 4.98 Å². The van der Waals surface area contributed by atoms with Crippen molar-refractivity contribution in [3.8, 4) is 0 Å². The molecule has 0 saturated heterocycles. The van der Waals surface area contributed by atoms with Gasteiger partial charge in [-0.05, 0) is 24.3 Å². The van der Waals surface area contributed by atoms with Gasteiger partial charge in [-0.2, -0.15) is 0 Å². The summed E-state index contributed by atoms with van der Waals surface area (Å²) in [5, 5.41) is 11.3. The molecule has 0 spiro atoms. The van der Waals surface area contributed by atoms with Crippen LogP contribution < -0.4 is 4.98 Å². The third-order valence-electron chi connectivity index (χ3n) is 2.41. The van der Waals surface area contributed by atoms with E-state index in [1.54, 1.807) is 0 Å². The van der Waals surface area contributed by atoms with Gasteiger partial charge in [0.25, 0.3) is 0 Å². The molecule has 0 aliphatic carbocycles. The van der Waals surface area contributed by atoms with Gasteiger partial charge in [-0.3, -0.25) is 0 Å². The lowest BCUT2D eigenvalue weighted by atomic mass is 10.0. The number of aromatic amines is 1. The number of hydrogen-bond acceptors (Lipinski definition) is 1. The molecule has 2 N–H and O–H groups in total. The number of fused-ring (bicyclic) bond motifs is 1. The Morgan fingerprint density at radius 2 is 2.00 bits per heavy atom. The van der Waals surface area contributed by atoms with Gasteiger partial charge in [0.15, 0.2) is 12.4 Å². The largest absolute Gasteiger partial charge is 0.396 e. The molecular formula is C12H14NO+. The molecule has 72 valence electrons. The third-order valence-corrected chi connectivity index (χ3v) is 2.41. The van der Waals surface area contributed by atoms with Crippen molar-refractivity contribution < 1.29 is 10.1 Å². The molecule has 0 saturated carbocycles. The normalized spacial score (nSPS) is 10.6. The van der Waals surface area contributed by atoms with E-state index in [4.69, 9.17) is 5.11 Å². The fourth-order valence-corrected chi connectivity index (χ4v) is 1.70. The average Bonchev–Trinajstić information content (AvgIpc) is 2.26. The predicted octanol–water partition coefficient (Wildman–Crippen LogP) is 1.58. The van der Waals surface area contributed by atoms with E-state index < -0.39 is 0 Å². The van der Waals surface area contributed by atoms with Gasteiger partial charge in [-0.1, -0.05) is 18.2 Å². The van der Waals surface area contributed by atoms with Gasteiger partial charge in [0, 0.05) is 17.6 Å². The Bertz CT molecular complexity index is 420. The number of aliphatic hydroxyl groups is 1. The number of aromatic nitrogens is 1. The van der Waals surface area contributed by atoms with E-state index in [1.165, 1.54) is 16.3 Å².